The van der Waals surface area contributed by atoms with E-state index in [1.165, 1.54) is 19.1 Å². The van der Waals surface area contributed by atoms with Crippen molar-refractivity contribution in [2.45, 2.75) is 46.1 Å². The third-order valence-electron chi connectivity index (χ3n) is 3.40. The van der Waals surface area contributed by atoms with E-state index in [4.69, 9.17) is 15.9 Å². The van der Waals surface area contributed by atoms with Crippen LogP contribution < -0.4 is 10.5 Å². The van der Waals surface area contributed by atoms with Crippen LogP contribution in [-0.4, -0.2) is 29.8 Å². The average molecular weight is 361 g/mol. The fourth-order valence-electron chi connectivity index (χ4n) is 2.27. The molecule has 3 N–H and O–H groups in total. The predicted octanol–water partition coefficient (Wildman–Crippen LogP) is 4.46. The van der Waals surface area contributed by atoms with Crippen molar-refractivity contribution in [3.8, 4) is 5.75 Å². The molecule has 0 radical (unpaired) electrons. The van der Waals surface area contributed by atoms with Gasteiger partial charge in [0.2, 0.25) is 0 Å². The first-order valence-electron chi connectivity index (χ1n) is 7.84. The monoisotopic (exact) mass is 361 g/mol. The first kappa shape index (κ1) is 21.1. The average Bonchev–Trinajstić information content (AvgIpc) is 2.51. The zero-order chi connectivity index (χ0) is 19.1. The van der Waals surface area contributed by atoms with Gasteiger partial charge in [0.1, 0.15) is 11.4 Å². The van der Waals surface area contributed by atoms with Crippen LogP contribution in [0.15, 0.2) is 18.2 Å². The molecule has 0 spiro atoms. The first-order chi connectivity index (χ1) is 11.6. The number of hydrogen-bond donors (Lipinski definition) is 2. The summed E-state index contributed by atoms with van der Waals surface area (Å²) in [6, 6.07) is 2.72. The molecule has 25 heavy (non-hydrogen) atoms. The van der Waals surface area contributed by atoms with Gasteiger partial charge in [0, 0.05) is 6.04 Å². The normalized spacial score (nSPS) is 14.7. The van der Waals surface area contributed by atoms with Crippen molar-refractivity contribution >= 4 is 11.3 Å². The molecule has 1 heterocycles. The SMILES string of the molecule is C/C(=C\C(=N)C(F)F)c1ccc(OCC(C)CC(C)N)c(C(F)F)n1. The third kappa shape index (κ3) is 6.81. The lowest BCUT2D eigenvalue weighted by atomic mass is 10.0. The molecule has 140 valence electrons. The van der Waals surface area contributed by atoms with Crippen LogP contribution in [0.2, 0.25) is 0 Å². The Balaban J connectivity index is 2.98. The lowest BCUT2D eigenvalue weighted by Gasteiger charge is -2.17. The molecule has 0 aliphatic carbocycles. The van der Waals surface area contributed by atoms with Gasteiger partial charge in [-0.1, -0.05) is 6.92 Å². The molecule has 0 saturated carbocycles. The zero-order valence-electron chi connectivity index (χ0n) is 14.4. The summed E-state index contributed by atoms with van der Waals surface area (Å²) < 4.78 is 56.7. The second kappa shape index (κ2) is 9.50. The summed E-state index contributed by atoms with van der Waals surface area (Å²) in [6.07, 6.45) is -4.21. The van der Waals surface area contributed by atoms with E-state index in [0.29, 0.717) is 6.42 Å². The summed E-state index contributed by atoms with van der Waals surface area (Å²) in [5, 5.41) is 7.14. The summed E-state index contributed by atoms with van der Waals surface area (Å²) >= 11 is 0. The molecule has 2 atom stereocenters. The number of rotatable bonds is 9. The van der Waals surface area contributed by atoms with Crippen molar-refractivity contribution in [2.24, 2.45) is 11.7 Å². The van der Waals surface area contributed by atoms with Crippen LogP contribution in [0.25, 0.3) is 5.57 Å². The predicted molar refractivity (Wildman–Crippen MR) is 89.5 cm³/mol. The van der Waals surface area contributed by atoms with Gasteiger partial charge in [0.25, 0.3) is 12.9 Å². The molecule has 0 aliphatic rings. The molecule has 0 fully saturated rings. The number of ether oxygens (including phenoxy) is 1. The molecular weight excluding hydrogens is 338 g/mol. The Bertz CT molecular complexity index is 618. The number of allylic oxidation sites excluding steroid dienone is 2. The van der Waals surface area contributed by atoms with Gasteiger partial charge in [-0.05, 0) is 50.0 Å². The summed E-state index contributed by atoms with van der Waals surface area (Å²) in [4.78, 5) is 3.81. The van der Waals surface area contributed by atoms with Gasteiger partial charge in [-0.3, -0.25) is 5.41 Å². The van der Waals surface area contributed by atoms with Crippen LogP contribution in [0.3, 0.4) is 0 Å². The van der Waals surface area contributed by atoms with Crippen LogP contribution in [-0.2, 0) is 0 Å². The van der Waals surface area contributed by atoms with Gasteiger partial charge in [0.15, 0.2) is 0 Å². The van der Waals surface area contributed by atoms with E-state index >= 15 is 0 Å². The minimum atomic E-state index is -2.93. The molecule has 0 saturated heterocycles. The maximum atomic E-state index is 13.3. The van der Waals surface area contributed by atoms with Gasteiger partial charge < -0.3 is 10.5 Å². The van der Waals surface area contributed by atoms with Crippen LogP contribution >= 0.6 is 0 Å². The molecule has 0 aromatic carbocycles. The number of halogens is 4. The van der Waals surface area contributed by atoms with E-state index in [1.807, 2.05) is 13.8 Å². The van der Waals surface area contributed by atoms with E-state index in [9.17, 15) is 17.6 Å². The zero-order valence-corrected chi connectivity index (χ0v) is 14.4. The number of nitrogens with one attached hydrogen (secondary N) is 1. The van der Waals surface area contributed by atoms with Crippen molar-refractivity contribution < 1.29 is 22.3 Å². The lowest BCUT2D eigenvalue weighted by Crippen LogP contribution is -2.21. The Morgan fingerprint density at radius 1 is 1.28 bits per heavy atom. The molecule has 8 heteroatoms. The minimum absolute atomic E-state index is 0.0217. The Labute approximate surface area is 144 Å². The van der Waals surface area contributed by atoms with Gasteiger partial charge in [-0.15, -0.1) is 0 Å². The van der Waals surface area contributed by atoms with Crippen LogP contribution in [0.1, 0.15) is 45.0 Å². The minimum Gasteiger partial charge on any atom is -0.491 e. The lowest BCUT2D eigenvalue weighted by molar-refractivity contribution is 0.137. The maximum Gasteiger partial charge on any atom is 0.284 e. The largest absolute Gasteiger partial charge is 0.491 e. The Hall–Kier alpha value is -1.96. The van der Waals surface area contributed by atoms with Crippen LogP contribution in [0.5, 0.6) is 5.75 Å². The number of nitrogens with two attached hydrogens (primary N) is 1. The quantitative estimate of drug-likeness (QED) is 0.504. The smallest absolute Gasteiger partial charge is 0.284 e. The molecule has 1 aromatic rings. The highest BCUT2D eigenvalue weighted by atomic mass is 19.3. The molecule has 0 amide bonds. The Morgan fingerprint density at radius 2 is 1.92 bits per heavy atom. The van der Waals surface area contributed by atoms with Crippen molar-refractivity contribution in [2.75, 3.05) is 6.61 Å². The first-order valence-corrected chi connectivity index (χ1v) is 7.84. The van der Waals surface area contributed by atoms with E-state index in [2.05, 4.69) is 4.98 Å². The third-order valence-corrected chi connectivity index (χ3v) is 3.40. The number of nitrogens with zero attached hydrogens (tertiary/aromatic N) is 1. The van der Waals surface area contributed by atoms with E-state index in [1.54, 1.807) is 0 Å². The fraction of sp³-hybridized carbons (Fsp3) is 0.529. The number of aromatic nitrogens is 1. The summed E-state index contributed by atoms with van der Waals surface area (Å²) in [5.74, 6) is 0.0327. The van der Waals surface area contributed by atoms with Crippen molar-refractivity contribution in [3.05, 3.63) is 29.6 Å². The molecule has 1 aromatic heterocycles. The standard InChI is InChI=1S/C17H23F4N3O/c1-9(6-11(3)22)8-25-14-5-4-13(24-15(14)17(20)21)10(2)7-12(23)16(18)19/h4-5,7,9,11,16-17,23H,6,8,22H2,1-3H3/b10-7+,23-12?. The maximum absolute atomic E-state index is 13.3. The van der Waals surface area contributed by atoms with Gasteiger partial charge in [-0.25, -0.2) is 22.5 Å². The van der Waals surface area contributed by atoms with E-state index in [0.717, 1.165) is 6.08 Å². The molecule has 0 bridgehead atoms. The summed E-state index contributed by atoms with van der Waals surface area (Å²) in [7, 11) is 0. The molecule has 2 unspecified atom stereocenters. The Morgan fingerprint density at radius 3 is 2.44 bits per heavy atom. The molecule has 4 nitrogen and oxygen atoms in total. The van der Waals surface area contributed by atoms with E-state index < -0.39 is 24.3 Å². The second-order valence-corrected chi connectivity index (χ2v) is 6.09. The topological polar surface area (TPSA) is 72.0 Å². The van der Waals surface area contributed by atoms with Crippen LogP contribution in [0.4, 0.5) is 17.6 Å². The van der Waals surface area contributed by atoms with Gasteiger partial charge >= 0.3 is 0 Å². The molecule has 1 rings (SSSR count). The summed E-state index contributed by atoms with van der Waals surface area (Å²) in [6.45, 7) is 5.40. The molecular formula is C17H23F4N3O. The fourth-order valence-corrected chi connectivity index (χ4v) is 2.27. The van der Waals surface area contributed by atoms with Gasteiger partial charge in [-0.2, -0.15) is 0 Å². The van der Waals surface area contributed by atoms with E-state index in [-0.39, 0.29) is 35.6 Å². The second-order valence-electron chi connectivity index (χ2n) is 6.09. The highest BCUT2D eigenvalue weighted by molar-refractivity contribution is 6.00. The van der Waals surface area contributed by atoms with Crippen molar-refractivity contribution in [1.82, 2.24) is 4.98 Å². The summed E-state index contributed by atoms with van der Waals surface area (Å²) in [5.41, 5.74) is 4.53. The number of alkyl halides is 4. The number of pyridine rings is 1. The van der Waals surface area contributed by atoms with Crippen molar-refractivity contribution in [3.63, 3.8) is 0 Å². The Kier molecular flexibility index (Phi) is 8.02. The number of hydrogen-bond acceptors (Lipinski definition) is 4. The van der Waals surface area contributed by atoms with Crippen molar-refractivity contribution in [1.29, 1.82) is 5.41 Å². The highest BCUT2D eigenvalue weighted by Crippen LogP contribution is 2.29. The van der Waals surface area contributed by atoms with Crippen LogP contribution in [0, 0.1) is 11.3 Å². The molecule has 0 aliphatic heterocycles. The van der Waals surface area contributed by atoms with Gasteiger partial charge in [0.05, 0.1) is 18.0 Å². The highest BCUT2D eigenvalue weighted by Gasteiger charge is 2.19.